The van der Waals surface area contributed by atoms with Gasteiger partial charge in [0.2, 0.25) is 5.91 Å². The monoisotopic (exact) mass is 397 g/mol. The molecule has 2 aromatic carbocycles. The lowest BCUT2D eigenvalue weighted by Gasteiger charge is -2.09. The number of para-hydroxylation sites is 1. The SMILES string of the molecule is CCc1ccccc1NC(=O)CCc1csc(NC(=O)c2ccc(F)cc2)n1. The summed E-state index contributed by atoms with van der Waals surface area (Å²) in [4.78, 5) is 28.7. The van der Waals surface area contributed by atoms with Gasteiger partial charge >= 0.3 is 0 Å². The van der Waals surface area contributed by atoms with Gasteiger partial charge in [0.25, 0.3) is 5.91 Å². The summed E-state index contributed by atoms with van der Waals surface area (Å²) < 4.78 is 12.9. The Labute approximate surface area is 166 Å². The van der Waals surface area contributed by atoms with E-state index in [0.29, 0.717) is 23.5 Å². The van der Waals surface area contributed by atoms with Crippen LogP contribution in [-0.2, 0) is 17.6 Å². The van der Waals surface area contributed by atoms with Gasteiger partial charge in [-0.3, -0.25) is 14.9 Å². The van der Waals surface area contributed by atoms with Crippen LogP contribution in [0.15, 0.2) is 53.9 Å². The molecule has 0 fully saturated rings. The summed E-state index contributed by atoms with van der Waals surface area (Å²) in [7, 11) is 0. The number of aromatic nitrogens is 1. The van der Waals surface area contributed by atoms with E-state index in [4.69, 9.17) is 0 Å². The van der Waals surface area contributed by atoms with Gasteiger partial charge < -0.3 is 5.32 Å². The van der Waals surface area contributed by atoms with Gasteiger partial charge in [-0.25, -0.2) is 9.37 Å². The smallest absolute Gasteiger partial charge is 0.257 e. The maximum Gasteiger partial charge on any atom is 0.257 e. The summed E-state index contributed by atoms with van der Waals surface area (Å²) in [5.41, 5.74) is 3.02. The highest BCUT2D eigenvalue weighted by molar-refractivity contribution is 7.14. The minimum Gasteiger partial charge on any atom is -0.326 e. The number of nitrogens with one attached hydrogen (secondary N) is 2. The first-order chi connectivity index (χ1) is 13.5. The molecular formula is C21H20FN3O2S. The molecule has 3 rings (SSSR count). The van der Waals surface area contributed by atoms with Crippen molar-refractivity contribution in [3.8, 4) is 0 Å². The molecule has 7 heteroatoms. The number of halogens is 1. The zero-order valence-electron chi connectivity index (χ0n) is 15.4. The van der Waals surface area contributed by atoms with Crippen LogP contribution < -0.4 is 10.6 Å². The Bertz CT molecular complexity index is 970. The highest BCUT2D eigenvalue weighted by Crippen LogP contribution is 2.19. The van der Waals surface area contributed by atoms with Gasteiger partial charge in [0.1, 0.15) is 5.82 Å². The van der Waals surface area contributed by atoms with Gasteiger partial charge in [0, 0.05) is 23.1 Å². The average Bonchev–Trinajstić information content (AvgIpc) is 3.14. The minimum absolute atomic E-state index is 0.0780. The topological polar surface area (TPSA) is 71.1 Å². The standard InChI is InChI=1S/C21H20FN3O2S/c1-2-14-5-3-4-6-18(14)24-19(26)12-11-17-13-28-21(23-17)25-20(27)15-7-9-16(22)10-8-15/h3-10,13H,2,11-12H2,1H3,(H,24,26)(H,23,25,27). The first-order valence-corrected chi connectivity index (χ1v) is 9.82. The molecular weight excluding hydrogens is 377 g/mol. The maximum atomic E-state index is 12.9. The van der Waals surface area contributed by atoms with Gasteiger partial charge in [0.05, 0.1) is 5.69 Å². The third-order valence-electron chi connectivity index (χ3n) is 4.16. The number of benzene rings is 2. The number of hydrogen-bond donors (Lipinski definition) is 2. The zero-order valence-corrected chi connectivity index (χ0v) is 16.2. The number of nitrogens with zero attached hydrogens (tertiary/aromatic N) is 1. The van der Waals surface area contributed by atoms with Crippen molar-refractivity contribution in [2.75, 3.05) is 10.6 Å². The molecule has 1 heterocycles. The summed E-state index contributed by atoms with van der Waals surface area (Å²) in [6.45, 7) is 2.04. The summed E-state index contributed by atoms with van der Waals surface area (Å²) in [5, 5.41) is 7.88. The van der Waals surface area contributed by atoms with E-state index < -0.39 is 5.82 Å². The molecule has 5 nitrogen and oxygen atoms in total. The number of thiazole rings is 1. The molecule has 0 aliphatic heterocycles. The highest BCUT2D eigenvalue weighted by Gasteiger charge is 2.11. The van der Waals surface area contributed by atoms with Crippen LogP contribution in [0.3, 0.4) is 0 Å². The van der Waals surface area contributed by atoms with Crippen molar-refractivity contribution in [3.63, 3.8) is 0 Å². The van der Waals surface area contributed by atoms with Crippen LogP contribution in [0, 0.1) is 5.82 Å². The minimum atomic E-state index is -0.395. The van der Waals surface area contributed by atoms with E-state index in [2.05, 4.69) is 15.6 Å². The van der Waals surface area contributed by atoms with Crippen molar-refractivity contribution in [1.82, 2.24) is 4.98 Å². The largest absolute Gasteiger partial charge is 0.326 e. The first-order valence-electron chi connectivity index (χ1n) is 8.94. The summed E-state index contributed by atoms with van der Waals surface area (Å²) in [5.74, 6) is -0.825. The van der Waals surface area contributed by atoms with Gasteiger partial charge in [-0.05, 0) is 48.7 Å². The molecule has 0 radical (unpaired) electrons. The third kappa shape index (κ3) is 5.23. The van der Waals surface area contributed by atoms with Gasteiger partial charge in [-0.2, -0.15) is 0 Å². The van der Waals surface area contributed by atoms with Crippen molar-refractivity contribution in [3.05, 3.63) is 76.5 Å². The lowest BCUT2D eigenvalue weighted by atomic mass is 10.1. The second-order valence-corrected chi connectivity index (χ2v) is 7.02. The number of carbonyl (C=O) groups is 2. The number of anilines is 2. The van der Waals surface area contributed by atoms with E-state index in [-0.39, 0.29) is 11.8 Å². The van der Waals surface area contributed by atoms with E-state index >= 15 is 0 Å². The Morgan fingerprint density at radius 2 is 1.82 bits per heavy atom. The number of carbonyl (C=O) groups excluding carboxylic acids is 2. The molecule has 28 heavy (non-hydrogen) atoms. The van der Waals surface area contributed by atoms with E-state index in [1.165, 1.54) is 35.6 Å². The molecule has 0 atom stereocenters. The van der Waals surface area contributed by atoms with E-state index in [1.54, 1.807) is 0 Å². The van der Waals surface area contributed by atoms with E-state index in [0.717, 1.165) is 23.4 Å². The van der Waals surface area contributed by atoms with Crippen LogP contribution in [0.2, 0.25) is 0 Å². The number of amides is 2. The zero-order chi connectivity index (χ0) is 19.9. The Hall–Kier alpha value is -3.06. The molecule has 2 N–H and O–H groups in total. The molecule has 2 amide bonds. The molecule has 0 spiro atoms. The Morgan fingerprint density at radius 1 is 1.07 bits per heavy atom. The fourth-order valence-electron chi connectivity index (χ4n) is 2.65. The second kappa shape index (κ2) is 9.23. The van der Waals surface area contributed by atoms with Crippen molar-refractivity contribution in [1.29, 1.82) is 0 Å². The normalized spacial score (nSPS) is 10.5. The molecule has 0 unspecified atom stereocenters. The highest BCUT2D eigenvalue weighted by atomic mass is 32.1. The third-order valence-corrected chi connectivity index (χ3v) is 4.97. The number of aryl methyl sites for hydroxylation is 2. The molecule has 0 saturated heterocycles. The average molecular weight is 397 g/mol. The van der Waals surface area contributed by atoms with Crippen molar-refractivity contribution < 1.29 is 14.0 Å². The molecule has 1 aromatic heterocycles. The number of hydrogen-bond acceptors (Lipinski definition) is 4. The van der Waals surface area contributed by atoms with Crippen LogP contribution in [0.4, 0.5) is 15.2 Å². The van der Waals surface area contributed by atoms with Crippen LogP contribution in [0.1, 0.15) is 35.0 Å². The molecule has 0 aliphatic carbocycles. The van der Waals surface area contributed by atoms with Crippen LogP contribution in [-0.4, -0.2) is 16.8 Å². The molecule has 3 aromatic rings. The number of rotatable bonds is 7. The lowest BCUT2D eigenvalue weighted by molar-refractivity contribution is -0.116. The van der Waals surface area contributed by atoms with E-state index in [1.807, 2.05) is 36.6 Å². The Morgan fingerprint density at radius 3 is 2.57 bits per heavy atom. The van der Waals surface area contributed by atoms with Crippen molar-refractivity contribution in [2.24, 2.45) is 0 Å². The van der Waals surface area contributed by atoms with Gasteiger partial charge in [-0.15, -0.1) is 11.3 Å². The Balaban J connectivity index is 1.52. The molecule has 0 saturated carbocycles. The first kappa shape index (κ1) is 19.7. The predicted octanol–water partition coefficient (Wildman–Crippen LogP) is 4.67. The fraction of sp³-hybridized carbons (Fsp3) is 0.190. The van der Waals surface area contributed by atoms with Crippen LogP contribution in [0.5, 0.6) is 0 Å². The van der Waals surface area contributed by atoms with Crippen molar-refractivity contribution >= 4 is 34.0 Å². The summed E-state index contributed by atoms with van der Waals surface area (Å²) in [6.07, 6.45) is 1.62. The molecule has 144 valence electrons. The maximum absolute atomic E-state index is 12.9. The summed E-state index contributed by atoms with van der Waals surface area (Å²) >= 11 is 1.29. The second-order valence-electron chi connectivity index (χ2n) is 6.16. The van der Waals surface area contributed by atoms with Crippen molar-refractivity contribution in [2.45, 2.75) is 26.2 Å². The lowest BCUT2D eigenvalue weighted by Crippen LogP contribution is -2.14. The van der Waals surface area contributed by atoms with Gasteiger partial charge in [0.15, 0.2) is 5.13 Å². The quantitative estimate of drug-likeness (QED) is 0.609. The van der Waals surface area contributed by atoms with E-state index in [9.17, 15) is 14.0 Å². The van der Waals surface area contributed by atoms with Crippen LogP contribution >= 0.6 is 11.3 Å². The summed E-state index contributed by atoms with van der Waals surface area (Å²) in [6, 6.07) is 13.0. The molecule has 0 bridgehead atoms. The predicted molar refractivity (Wildman–Crippen MR) is 109 cm³/mol. The van der Waals surface area contributed by atoms with Gasteiger partial charge in [-0.1, -0.05) is 25.1 Å². The Kier molecular flexibility index (Phi) is 6.49. The fourth-order valence-corrected chi connectivity index (χ4v) is 3.39. The molecule has 0 aliphatic rings. The van der Waals surface area contributed by atoms with Crippen LogP contribution in [0.25, 0.3) is 0 Å².